The van der Waals surface area contributed by atoms with Crippen LogP contribution in [0.3, 0.4) is 0 Å². The molecule has 0 spiro atoms. The number of ether oxygens (including phenoxy) is 2. The predicted molar refractivity (Wildman–Crippen MR) is 147 cm³/mol. The van der Waals surface area contributed by atoms with Gasteiger partial charge in [-0.2, -0.15) is 0 Å². The van der Waals surface area contributed by atoms with Crippen LogP contribution in [0, 0.1) is 0 Å². The van der Waals surface area contributed by atoms with Crippen LogP contribution in [0.4, 0.5) is 0 Å². The first-order chi connectivity index (χ1) is 17.5. The number of fused-ring (bicyclic) bond motifs is 2. The van der Waals surface area contributed by atoms with Gasteiger partial charge in [0.15, 0.2) is 0 Å². The topological polar surface area (TPSA) is 61.0 Å². The van der Waals surface area contributed by atoms with Crippen molar-refractivity contribution in [2.75, 3.05) is 59.4 Å². The van der Waals surface area contributed by atoms with Crippen molar-refractivity contribution < 1.29 is 9.47 Å². The standard InChI is InChI=1S/C29H45N5O2/c1-5-11-30-12-13-31-14-15-32-20-34-19-24-17-26(8-10-28(24)36-22-34)29(3,4)25-7-9-27-23(16-25)18-33(6-2)21-35-27/h7-10,16-17,30-32H,5-6,11-15,18-22H2,1-4H3. The first-order valence-electron chi connectivity index (χ1n) is 13.6. The molecule has 0 aliphatic carbocycles. The van der Waals surface area contributed by atoms with E-state index < -0.39 is 0 Å². The highest BCUT2D eigenvalue weighted by Crippen LogP contribution is 2.38. The average molecular weight is 496 g/mol. The molecule has 2 aliphatic rings. The van der Waals surface area contributed by atoms with Crippen LogP contribution in [0.1, 0.15) is 56.4 Å². The van der Waals surface area contributed by atoms with Gasteiger partial charge in [0.05, 0.1) is 6.67 Å². The summed E-state index contributed by atoms with van der Waals surface area (Å²) in [7, 11) is 0. The van der Waals surface area contributed by atoms with Crippen LogP contribution in [0.15, 0.2) is 36.4 Å². The smallest absolute Gasteiger partial charge is 0.143 e. The van der Waals surface area contributed by atoms with Crippen molar-refractivity contribution in [1.29, 1.82) is 0 Å². The lowest BCUT2D eigenvalue weighted by atomic mass is 9.77. The van der Waals surface area contributed by atoms with E-state index in [1.165, 1.54) is 28.7 Å². The van der Waals surface area contributed by atoms with Crippen molar-refractivity contribution in [2.24, 2.45) is 0 Å². The largest absolute Gasteiger partial charge is 0.478 e. The highest BCUT2D eigenvalue weighted by Gasteiger charge is 2.28. The third kappa shape index (κ3) is 6.78. The fourth-order valence-electron chi connectivity index (χ4n) is 4.85. The fourth-order valence-corrected chi connectivity index (χ4v) is 4.85. The lowest BCUT2D eigenvalue weighted by molar-refractivity contribution is 0.0876. The van der Waals surface area contributed by atoms with Gasteiger partial charge in [-0.25, -0.2) is 0 Å². The Hall–Kier alpha value is -2.16. The molecule has 0 bridgehead atoms. The minimum atomic E-state index is -0.114. The Morgan fingerprint density at radius 2 is 1.25 bits per heavy atom. The third-order valence-corrected chi connectivity index (χ3v) is 7.32. The van der Waals surface area contributed by atoms with E-state index in [9.17, 15) is 0 Å². The molecule has 0 saturated heterocycles. The number of hydrogen-bond acceptors (Lipinski definition) is 7. The molecule has 0 aromatic heterocycles. The number of hydrogen-bond donors (Lipinski definition) is 3. The molecule has 7 nitrogen and oxygen atoms in total. The van der Waals surface area contributed by atoms with Crippen molar-refractivity contribution in [3.8, 4) is 11.5 Å². The molecule has 198 valence electrons. The number of benzene rings is 2. The van der Waals surface area contributed by atoms with Crippen molar-refractivity contribution in [3.63, 3.8) is 0 Å². The van der Waals surface area contributed by atoms with E-state index >= 15 is 0 Å². The third-order valence-electron chi connectivity index (χ3n) is 7.32. The maximum absolute atomic E-state index is 6.08. The average Bonchev–Trinajstić information content (AvgIpc) is 2.91. The molecule has 0 fully saturated rings. The molecule has 0 amide bonds. The molecule has 7 heteroatoms. The van der Waals surface area contributed by atoms with Crippen LogP contribution in [0.25, 0.3) is 0 Å². The molecule has 2 aromatic rings. The van der Waals surface area contributed by atoms with Crippen LogP contribution in [-0.4, -0.2) is 69.2 Å². The summed E-state index contributed by atoms with van der Waals surface area (Å²) in [6.45, 7) is 19.0. The van der Waals surface area contributed by atoms with E-state index in [1.54, 1.807) is 0 Å². The first kappa shape index (κ1) is 26.9. The van der Waals surface area contributed by atoms with Gasteiger partial charge in [0.1, 0.15) is 25.0 Å². The van der Waals surface area contributed by atoms with Gasteiger partial charge in [-0.15, -0.1) is 0 Å². The van der Waals surface area contributed by atoms with Crippen LogP contribution >= 0.6 is 0 Å². The number of rotatable bonds is 13. The molecule has 2 aliphatic heterocycles. The Balaban J connectivity index is 1.32. The van der Waals surface area contributed by atoms with E-state index in [0.717, 1.165) is 70.5 Å². The summed E-state index contributed by atoms with van der Waals surface area (Å²) in [4.78, 5) is 4.64. The fraction of sp³-hybridized carbons (Fsp3) is 0.586. The highest BCUT2D eigenvalue weighted by molar-refractivity contribution is 5.48. The summed E-state index contributed by atoms with van der Waals surface area (Å²) in [6.07, 6.45) is 1.18. The summed E-state index contributed by atoms with van der Waals surface area (Å²) < 4.78 is 12.0. The second kappa shape index (κ2) is 12.9. The van der Waals surface area contributed by atoms with Crippen LogP contribution in [0.5, 0.6) is 11.5 Å². The van der Waals surface area contributed by atoms with Crippen LogP contribution in [0.2, 0.25) is 0 Å². The van der Waals surface area contributed by atoms with Gasteiger partial charge in [0.25, 0.3) is 0 Å². The molecule has 2 heterocycles. The summed E-state index contributed by atoms with van der Waals surface area (Å²) >= 11 is 0. The molecule has 0 atom stereocenters. The zero-order chi connectivity index (χ0) is 25.4. The Morgan fingerprint density at radius 1 is 0.722 bits per heavy atom. The molecule has 0 unspecified atom stereocenters. The van der Waals surface area contributed by atoms with E-state index in [4.69, 9.17) is 9.47 Å². The maximum Gasteiger partial charge on any atom is 0.143 e. The van der Waals surface area contributed by atoms with Gasteiger partial charge in [-0.1, -0.05) is 39.8 Å². The zero-order valence-electron chi connectivity index (χ0n) is 22.7. The second-order valence-corrected chi connectivity index (χ2v) is 10.4. The minimum Gasteiger partial charge on any atom is -0.478 e. The Morgan fingerprint density at radius 3 is 1.83 bits per heavy atom. The monoisotopic (exact) mass is 495 g/mol. The SMILES string of the molecule is CCCNCCNCCNCN1COc2ccc(C(C)(C)c3ccc4c(c3)CN(CC)CO4)cc2C1. The van der Waals surface area contributed by atoms with Gasteiger partial charge in [-0.05, 0) is 54.9 Å². The summed E-state index contributed by atoms with van der Waals surface area (Å²) in [5.74, 6) is 2.02. The normalized spacial score (nSPS) is 16.2. The quantitative estimate of drug-likeness (QED) is 0.368. The van der Waals surface area contributed by atoms with E-state index in [2.05, 4.69) is 89.8 Å². The van der Waals surface area contributed by atoms with E-state index in [1.807, 2.05) is 0 Å². The Kier molecular flexibility index (Phi) is 9.62. The summed E-state index contributed by atoms with van der Waals surface area (Å²) in [6, 6.07) is 13.4. The van der Waals surface area contributed by atoms with Crippen LogP contribution < -0.4 is 25.4 Å². The molecular formula is C29H45N5O2. The van der Waals surface area contributed by atoms with Crippen molar-refractivity contribution >= 4 is 0 Å². The molecule has 0 radical (unpaired) electrons. The Labute approximate surface area is 217 Å². The Bertz CT molecular complexity index is 980. The molecule has 36 heavy (non-hydrogen) atoms. The molecule has 0 saturated carbocycles. The predicted octanol–water partition coefficient (Wildman–Crippen LogP) is 3.47. The van der Waals surface area contributed by atoms with E-state index in [-0.39, 0.29) is 5.41 Å². The molecule has 3 N–H and O–H groups in total. The maximum atomic E-state index is 6.08. The second-order valence-electron chi connectivity index (χ2n) is 10.4. The number of nitrogens with one attached hydrogen (secondary N) is 3. The number of nitrogens with zero attached hydrogens (tertiary/aromatic N) is 2. The van der Waals surface area contributed by atoms with Crippen LogP contribution in [-0.2, 0) is 18.5 Å². The van der Waals surface area contributed by atoms with Gasteiger partial charge in [-0.3, -0.25) is 9.80 Å². The lowest BCUT2D eigenvalue weighted by Gasteiger charge is -2.33. The highest BCUT2D eigenvalue weighted by atomic mass is 16.5. The lowest BCUT2D eigenvalue weighted by Crippen LogP contribution is -2.41. The molecular weight excluding hydrogens is 450 g/mol. The summed E-state index contributed by atoms with van der Waals surface area (Å²) in [5, 5.41) is 10.4. The summed E-state index contributed by atoms with van der Waals surface area (Å²) in [5.41, 5.74) is 5.04. The van der Waals surface area contributed by atoms with Crippen molar-refractivity contribution in [2.45, 2.75) is 52.6 Å². The van der Waals surface area contributed by atoms with Gasteiger partial charge in [0, 0.05) is 55.8 Å². The van der Waals surface area contributed by atoms with Crippen molar-refractivity contribution in [3.05, 3.63) is 58.7 Å². The first-order valence-corrected chi connectivity index (χ1v) is 13.6. The van der Waals surface area contributed by atoms with Gasteiger partial charge < -0.3 is 25.4 Å². The molecule has 4 rings (SSSR count). The zero-order valence-corrected chi connectivity index (χ0v) is 22.7. The van der Waals surface area contributed by atoms with Gasteiger partial charge >= 0.3 is 0 Å². The van der Waals surface area contributed by atoms with Crippen molar-refractivity contribution in [1.82, 2.24) is 25.8 Å². The minimum absolute atomic E-state index is 0.114. The van der Waals surface area contributed by atoms with E-state index in [0.29, 0.717) is 13.5 Å². The molecule has 2 aromatic carbocycles. The van der Waals surface area contributed by atoms with Gasteiger partial charge in [0.2, 0.25) is 0 Å².